The molecule has 7 heteroatoms. The van der Waals surface area contributed by atoms with E-state index in [4.69, 9.17) is 9.47 Å². The SMILES string of the molecule is CC(C)OC(=O)Cn1c(C(=O)OC(C)C)cc2c1ccn2-c1ccc(F)cc1. The van der Waals surface area contributed by atoms with Crippen LogP contribution in [-0.2, 0) is 20.8 Å². The first-order valence-electron chi connectivity index (χ1n) is 9.13. The molecule has 0 N–H and O–H groups in total. The molecule has 0 aliphatic rings. The molecule has 0 fully saturated rings. The number of carbonyl (C=O) groups is 2. The number of hydrogen-bond donors (Lipinski definition) is 0. The van der Waals surface area contributed by atoms with E-state index in [-0.39, 0.29) is 30.3 Å². The first-order valence-corrected chi connectivity index (χ1v) is 9.13. The zero-order valence-electron chi connectivity index (χ0n) is 16.3. The number of nitrogens with zero attached hydrogens (tertiary/aromatic N) is 2. The Morgan fingerprint density at radius 3 is 2.21 bits per heavy atom. The van der Waals surface area contributed by atoms with Crippen molar-refractivity contribution in [1.82, 2.24) is 9.13 Å². The number of fused-ring (bicyclic) bond motifs is 1. The van der Waals surface area contributed by atoms with E-state index >= 15 is 0 Å². The molecule has 1 aromatic carbocycles. The van der Waals surface area contributed by atoms with Gasteiger partial charge in [-0.2, -0.15) is 0 Å². The summed E-state index contributed by atoms with van der Waals surface area (Å²) in [7, 11) is 0. The number of halogens is 1. The fourth-order valence-electron chi connectivity index (χ4n) is 3.01. The summed E-state index contributed by atoms with van der Waals surface area (Å²) in [5.41, 5.74) is 2.39. The first-order chi connectivity index (χ1) is 13.3. The highest BCUT2D eigenvalue weighted by molar-refractivity contribution is 5.96. The molecule has 2 aromatic heterocycles. The van der Waals surface area contributed by atoms with E-state index in [1.807, 2.05) is 4.57 Å². The monoisotopic (exact) mass is 386 g/mol. The predicted molar refractivity (Wildman–Crippen MR) is 103 cm³/mol. The Hall–Kier alpha value is -3.09. The van der Waals surface area contributed by atoms with Gasteiger partial charge in [-0.25, -0.2) is 9.18 Å². The molecule has 0 aliphatic carbocycles. The van der Waals surface area contributed by atoms with E-state index < -0.39 is 11.9 Å². The summed E-state index contributed by atoms with van der Waals surface area (Å²) in [6.07, 6.45) is 1.25. The van der Waals surface area contributed by atoms with Gasteiger partial charge in [0.2, 0.25) is 0 Å². The van der Waals surface area contributed by atoms with Crippen molar-refractivity contribution in [3.05, 3.63) is 54.1 Å². The minimum atomic E-state index is -0.519. The Morgan fingerprint density at radius 1 is 0.964 bits per heavy atom. The molecule has 0 saturated carbocycles. The summed E-state index contributed by atoms with van der Waals surface area (Å²) in [6.45, 7) is 6.94. The first kappa shape index (κ1) is 19.7. The van der Waals surface area contributed by atoms with Gasteiger partial charge in [-0.1, -0.05) is 0 Å². The van der Waals surface area contributed by atoms with E-state index in [1.54, 1.807) is 62.7 Å². The number of carbonyl (C=O) groups excluding carboxylic acids is 2. The second-order valence-corrected chi connectivity index (χ2v) is 7.04. The summed E-state index contributed by atoms with van der Waals surface area (Å²) < 4.78 is 27.2. The Labute approximate surface area is 162 Å². The Bertz CT molecular complexity index is 1000. The summed E-state index contributed by atoms with van der Waals surface area (Å²) >= 11 is 0. The van der Waals surface area contributed by atoms with Crippen molar-refractivity contribution in [1.29, 1.82) is 0 Å². The second kappa shape index (κ2) is 7.88. The van der Waals surface area contributed by atoms with Gasteiger partial charge in [-0.15, -0.1) is 0 Å². The van der Waals surface area contributed by atoms with Gasteiger partial charge in [0.25, 0.3) is 0 Å². The highest BCUT2D eigenvalue weighted by atomic mass is 19.1. The topological polar surface area (TPSA) is 62.5 Å². The van der Waals surface area contributed by atoms with Crippen LogP contribution in [0.2, 0.25) is 0 Å². The quantitative estimate of drug-likeness (QED) is 0.599. The molecular weight excluding hydrogens is 363 g/mol. The van der Waals surface area contributed by atoms with Crippen LogP contribution >= 0.6 is 0 Å². The second-order valence-electron chi connectivity index (χ2n) is 7.04. The predicted octanol–water partition coefficient (Wildman–Crippen LogP) is 4.09. The summed E-state index contributed by atoms with van der Waals surface area (Å²) in [5.74, 6) is -1.29. The molecule has 0 amide bonds. The van der Waals surface area contributed by atoms with Crippen LogP contribution in [0.1, 0.15) is 38.2 Å². The number of aromatic nitrogens is 2. The standard InChI is InChI=1S/C21H23FN2O4/c1-13(2)27-20(25)12-24-17-9-10-23(16-7-5-15(22)6-8-16)18(17)11-19(24)21(26)28-14(3)4/h5-11,13-14H,12H2,1-4H3. The fourth-order valence-corrected chi connectivity index (χ4v) is 3.01. The molecule has 3 rings (SSSR count). The number of rotatable bonds is 6. The summed E-state index contributed by atoms with van der Waals surface area (Å²) in [6, 6.07) is 9.49. The average Bonchev–Trinajstić information content (AvgIpc) is 3.15. The maximum atomic E-state index is 13.3. The van der Waals surface area contributed by atoms with Crippen LogP contribution < -0.4 is 0 Å². The summed E-state index contributed by atoms with van der Waals surface area (Å²) in [4.78, 5) is 24.8. The van der Waals surface area contributed by atoms with Crippen LogP contribution in [0.4, 0.5) is 4.39 Å². The third-order valence-corrected chi connectivity index (χ3v) is 4.07. The van der Waals surface area contributed by atoms with Crippen LogP contribution in [0.3, 0.4) is 0 Å². The average molecular weight is 386 g/mol. The Balaban J connectivity index is 2.08. The molecule has 0 unspecified atom stereocenters. The van der Waals surface area contributed by atoms with Gasteiger partial charge in [0, 0.05) is 11.9 Å². The molecule has 2 heterocycles. The van der Waals surface area contributed by atoms with Gasteiger partial charge in [0.1, 0.15) is 18.1 Å². The smallest absolute Gasteiger partial charge is 0.355 e. The minimum absolute atomic E-state index is 0.113. The van der Waals surface area contributed by atoms with Crippen LogP contribution in [0.15, 0.2) is 42.6 Å². The van der Waals surface area contributed by atoms with Crippen molar-refractivity contribution in [3.63, 3.8) is 0 Å². The number of benzene rings is 1. The molecular formula is C21H23FN2O4. The molecule has 3 aromatic rings. The number of ether oxygens (including phenoxy) is 2. The van der Waals surface area contributed by atoms with Crippen LogP contribution in [0, 0.1) is 5.82 Å². The lowest BCUT2D eigenvalue weighted by Gasteiger charge is -2.13. The number of hydrogen-bond acceptors (Lipinski definition) is 4. The zero-order chi connectivity index (χ0) is 20.4. The zero-order valence-corrected chi connectivity index (χ0v) is 16.3. The van der Waals surface area contributed by atoms with Crippen molar-refractivity contribution < 1.29 is 23.5 Å². The molecule has 0 saturated heterocycles. The Kier molecular flexibility index (Phi) is 5.53. The normalized spacial score (nSPS) is 11.4. The lowest BCUT2D eigenvalue weighted by molar-refractivity contribution is -0.148. The van der Waals surface area contributed by atoms with Gasteiger partial charge in [0.05, 0.1) is 23.2 Å². The fraction of sp³-hybridized carbons (Fsp3) is 0.333. The lowest BCUT2D eigenvalue weighted by atomic mass is 10.3. The molecule has 0 radical (unpaired) electrons. The molecule has 0 aliphatic heterocycles. The van der Waals surface area contributed by atoms with Gasteiger partial charge in [0.15, 0.2) is 0 Å². The maximum absolute atomic E-state index is 13.3. The third kappa shape index (κ3) is 4.08. The molecule has 6 nitrogen and oxygen atoms in total. The summed E-state index contributed by atoms with van der Waals surface area (Å²) in [5, 5.41) is 0. The van der Waals surface area contributed by atoms with Gasteiger partial charge in [-0.3, -0.25) is 4.79 Å². The van der Waals surface area contributed by atoms with Crippen molar-refractivity contribution in [2.24, 2.45) is 0 Å². The minimum Gasteiger partial charge on any atom is -0.462 e. The third-order valence-electron chi connectivity index (χ3n) is 4.07. The highest BCUT2D eigenvalue weighted by Crippen LogP contribution is 2.26. The molecule has 28 heavy (non-hydrogen) atoms. The van der Waals surface area contributed by atoms with E-state index in [1.165, 1.54) is 12.1 Å². The van der Waals surface area contributed by atoms with Crippen LogP contribution in [-0.4, -0.2) is 33.3 Å². The van der Waals surface area contributed by atoms with Crippen molar-refractivity contribution in [2.75, 3.05) is 0 Å². The van der Waals surface area contributed by atoms with E-state index in [0.29, 0.717) is 11.0 Å². The Morgan fingerprint density at radius 2 is 1.61 bits per heavy atom. The van der Waals surface area contributed by atoms with Gasteiger partial charge < -0.3 is 18.6 Å². The van der Waals surface area contributed by atoms with Crippen molar-refractivity contribution in [3.8, 4) is 5.69 Å². The van der Waals surface area contributed by atoms with Gasteiger partial charge in [-0.05, 0) is 64.1 Å². The van der Waals surface area contributed by atoms with Crippen molar-refractivity contribution in [2.45, 2.75) is 46.4 Å². The number of esters is 2. The van der Waals surface area contributed by atoms with E-state index in [0.717, 1.165) is 5.69 Å². The van der Waals surface area contributed by atoms with E-state index in [2.05, 4.69) is 0 Å². The van der Waals surface area contributed by atoms with Gasteiger partial charge >= 0.3 is 11.9 Å². The van der Waals surface area contributed by atoms with Crippen LogP contribution in [0.5, 0.6) is 0 Å². The van der Waals surface area contributed by atoms with E-state index in [9.17, 15) is 14.0 Å². The highest BCUT2D eigenvalue weighted by Gasteiger charge is 2.22. The molecule has 0 spiro atoms. The molecule has 148 valence electrons. The largest absolute Gasteiger partial charge is 0.462 e. The molecule has 0 bridgehead atoms. The molecule has 0 atom stereocenters. The van der Waals surface area contributed by atoms with Crippen molar-refractivity contribution >= 4 is 23.0 Å². The lowest BCUT2D eigenvalue weighted by Crippen LogP contribution is -2.21. The maximum Gasteiger partial charge on any atom is 0.355 e. The van der Waals surface area contributed by atoms with Crippen LogP contribution in [0.25, 0.3) is 16.7 Å².